The number of fused-ring (bicyclic) bond motifs is 7. The SMILES string of the molecule is CC(C)C1=C2[C@H]3CC[C@@H]4[C@@]5(C)CC[C@H](OC(=O)CC(C)(C)C(=O)O)C(C)(C)[C@@H]5CC[C@@]4(C)[C@]3(C)CC[C@@]2([C@@H](O)CN(Cc2cccnc2)C(=O)CN)CC1=O. The third kappa shape index (κ3) is 6.59. The lowest BCUT2D eigenvalue weighted by atomic mass is 9.33. The van der Waals surface area contributed by atoms with E-state index in [1.807, 2.05) is 12.1 Å². The molecular weight excluding hydrogens is 695 g/mol. The number of nitrogens with zero attached hydrogens (tertiary/aromatic N) is 2. The minimum Gasteiger partial charge on any atom is -0.481 e. The van der Waals surface area contributed by atoms with Crippen LogP contribution in [0.4, 0.5) is 0 Å². The van der Waals surface area contributed by atoms with Crippen molar-refractivity contribution in [2.24, 2.45) is 61.9 Å². The van der Waals surface area contributed by atoms with Crippen LogP contribution in [-0.4, -0.2) is 69.0 Å². The maximum Gasteiger partial charge on any atom is 0.309 e. The summed E-state index contributed by atoms with van der Waals surface area (Å²) in [5.74, 6) is -0.634. The fourth-order valence-electron chi connectivity index (χ4n) is 13.4. The fourth-order valence-corrected chi connectivity index (χ4v) is 13.4. The quantitative estimate of drug-likeness (QED) is 0.200. The number of hydrogen-bond donors (Lipinski definition) is 3. The number of aliphatic carboxylic acids is 1. The molecule has 1 aromatic rings. The highest BCUT2D eigenvalue weighted by Crippen LogP contribution is 2.77. The molecule has 10 heteroatoms. The Balaban J connectivity index is 1.30. The van der Waals surface area contributed by atoms with Crippen LogP contribution in [0.15, 0.2) is 35.7 Å². The van der Waals surface area contributed by atoms with E-state index in [0.717, 1.165) is 56.1 Å². The third-order valence-electron chi connectivity index (χ3n) is 16.5. The molecule has 4 N–H and O–H groups in total. The van der Waals surface area contributed by atoms with Gasteiger partial charge in [0.2, 0.25) is 5.91 Å². The summed E-state index contributed by atoms with van der Waals surface area (Å²) in [6, 6.07) is 3.75. The van der Waals surface area contributed by atoms with Crippen LogP contribution >= 0.6 is 0 Å². The average molecular weight is 762 g/mol. The van der Waals surface area contributed by atoms with Crippen molar-refractivity contribution in [3.8, 4) is 0 Å². The number of nitrogens with two attached hydrogens (primary N) is 1. The van der Waals surface area contributed by atoms with Gasteiger partial charge in [-0.15, -0.1) is 0 Å². The number of carbonyl (C=O) groups is 4. The zero-order valence-corrected chi connectivity index (χ0v) is 34.9. The number of aliphatic hydroxyl groups excluding tert-OH is 1. The molecule has 1 aromatic heterocycles. The lowest BCUT2D eigenvalue weighted by molar-refractivity contribution is -0.235. The molecule has 5 aliphatic rings. The molecule has 1 heterocycles. The van der Waals surface area contributed by atoms with Gasteiger partial charge in [-0.25, -0.2) is 0 Å². The predicted octanol–water partition coefficient (Wildman–Crippen LogP) is 7.12. The van der Waals surface area contributed by atoms with Crippen LogP contribution < -0.4 is 5.73 Å². The van der Waals surface area contributed by atoms with Crippen molar-refractivity contribution in [3.05, 3.63) is 41.2 Å². The zero-order chi connectivity index (χ0) is 40.5. The maximum absolute atomic E-state index is 14.2. The van der Waals surface area contributed by atoms with E-state index in [-0.39, 0.29) is 77.2 Å². The van der Waals surface area contributed by atoms with Crippen molar-refractivity contribution in [2.45, 2.75) is 145 Å². The number of esters is 1. The monoisotopic (exact) mass is 761 g/mol. The molecule has 0 radical (unpaired) electrons. The summed E-state index contributed by atoms with van der Waals surface area (Å²) in [5, 5.41) is 22.1. The van der Waals surface area contributed by atoms with Gasteiger partial charge in [0, 0.05) is 42.7 Å². The van der Waals surface area contributed by atoms with Crippen molar-refractivity contribution < 1.29 is 34.1 Å². The number of rotatable bonds is 11. The maximum atomic E-state index is 14.2. The molecule has 0 saturated heterocycles. The molecule has 4 saturated carbocycles. The van der Waals surface area contributed by atoms with E-state index >= 15 is 0 Å². The van der Waals surface area contributed by atoms with Crippen molar-refractivity contribution in [1.29, 1.82) is 0 Å². The Kier molecular flexibility index (Phi) is 10.8. The summed E-state index contributed by atoms with van der Waals surface area (Å²) >= 11 is 0. The van der Waals surface area contributed by atoms with Crippen molar-refractivity contribution in [1.82, 2.24) is 9.88 Å². The molecule has 1 amide bonds. The predicted molar refractivity (Wildman–Crippen MR) is 210 cm³/mol. The van der Waals surface area contributed by atoms with Gasteiger partial charge in [-0.3, -0.25) is 24.2 Å². The minimum absolute atomic E-state index is 0.0118. The molecule has 55 heavy (non-hydrogen) atoms. The largest absolute Gasteiger partial charge is 0.481 e. The second kappa shape index (κ2) is 14.4. The Morgan fingerprint density at radius 2 is 1.71 bits per heavy atom. The van der Waals surface area contributed by atoms with E-state index in [9.17, 15) is 29.4 Å². The number of Topliss-reactive ketones (excluding diaryl/α,β-unsaturated/α-hetero) is 1. The molecule has 0 aliphatic heterocycles. The second-order valence-corrected chi connectivity index (χ2v) is 20.4. The van der Waals surface area contributed by atoms with Gasteiger partial charge in [0.15, 0.2) is 5.78 Å². The van der Waals surface area contributed by atoms with E-state index in [2.05, 4.69) is 53.5 Å². The summed E-state index contributed by atoms with van der Waals surface area (Å²) < 4.78 is 6.16. The smallest absolute Gasteiger partial charge is 0.309 e. The second-order valence-electron chi connectivity index (χ2n) is 20.4. The van der Waals surface area contributed by atoms with E-state index in [1.54, 1.807) is 31.1 Å². The number of ether oxygens (including phenoxy) is 1. The number of aliphatic hydroxyl groups is 1. The van der Waals surface area contributed by atoms with Gasteiger partial charge >= 0.3 is 11.9 Å². The number of carbonyl (C=O) groups excluding carboxylic acids is 3. The lowest BCUT2D eigenvalue weighted by Crippen LogP contribution is -2.66. The van der Waals surface area contributed by atoms with Crippen LogP contribution in [0, 0.1) is 56.2 Å². The van der Waals surface area contributed by atoms with Gasteiger partial charge < -0.3 is 25.6 Å². The van der Waals surface area contributed by atoms with Crippen LogP contribution in [0.3, 0.4) is 0 Å². The first-order valence-electron chi connectivity index (χ1n) is 20.8. The number of hydrogen-bond acceptors (Lipinski definition) is 8. The minimum atomic E-state index is -1.19. The van der Waals surface area contributed by atoms with E-state index in [4.69, 9.17) is 10.5 Å². The van der Waals surface area contributed by atoms with E-state index in [0.29, 0.717) is 24.8 Å². The molecule has 4 fully saturated rings. The van der Waals surface area contributed by atoms with Gasteiger partial charge in [0.05, 0.1) is 24.5 Å². The van der Waals surface area contributed by atoms with E-state index in [1.165, 1.54) is 5.57 Å². The number of carboxylic acid groups (broad SMARTS) is 1. The summed E-state index contributed by atoms with van der Waals surface area (Å²) in [4.78, 5) is 58.2. The van der Waals surface area contributed by atoms with Gasteiger partial charge in [-0.05, 0) is 122 Å². The van der Waals surface area contributed by atoms with Gasteiger partial charge in [0.25, 0.3) is 0 Å². The first-order valence-corrected chi connectivity index (χ1v) is 20.8. The topological polar surface area (TPSA) is 160 Å². The number of allylic oxidation sites excluding steroid dienone is 1. The van der Waals surface area contributed by atoms with Crippen molar-refractivity contribution in [3.63, 3.8) is 0 Å². The Morgan fingerprint density at radius 1 is 1.00 bits per heavy atom. The Labute approximate surface area is 328 Å². The molecule has 5 aliphatic carbocycles. The van der Waals surface area contributed by atoms with Crippen LogP contribution in [-0.2, 0) is 30.5 Å². The first-order chi connectivity index (χ1) is 25.6. The first kappa shape index (κ1) is 41.5. The standard InChI is InChI=1S/C45H67N3O7/c1-27(2)37-30(49)21-45(33(50)26-48(35(51)23-46)25-28-11-10-20-47-24-28)19-18-43(8)29(38(37)45)12-13-32-42(7)16-15-34(55-36(52)22-40(3,4)39(53)54)41(5,6)31(42)14-17-44(32,43)9/h10-11,20,24,27,29,31-34,50H,12-19,21-23,25-26,46H2,1-9H3,(H,53,54)/t29-,31+,32-,33+,34+,42+,43-,44-,45+/m1/s1. The fraction of sp³-hybridized carbons (Fsp3) is 0.756. The highest BCUT2D eigenvalue weighted by Gasteiger charge is 2.71. The number of carboxylic acids is 1. The van der Waals surface area contributed by atoms with Crippen LogP contribution in [0.5, 0.6) is 0 Å². The number of amides is 1. The molecule has 0 aromatic carbocycles. The molecule has 304 valence electrons. The Morgan fingerprint density at radius 3 is 2.33 bits per heavy atom. The number of aromatic nitrogens is 1. The molecular formula is C45H67N3O7. The molecule has 0 unspecified atom stereocenters. The Bertz CT molecular complexity index is 1720. The van der Waals surface area contributed by atoms with Crippen LogP contribution in [0.2, 0.25) is 0 Å². The summed E-state index contributed by atoms with van der Waals surface area (Å²) in [5.41, 5.74) is 6.51. The van der Waals surface area contributed by atoms with E-state index < -0.39 is 28.9 Å². The Hall–Kier alpha value is -3.11. The summed E-state index contributed by atoms with van der Waals surface area (Å²) in [6.45, 7) is 19.6. The number of ketones is 1. The molecule has 6 rings (SSSR count). The normalized spacial score (nSPS) is 36.0. The average Bonchev–Trinajstić information content (AvgIpc) is 3.42. The number of pyridine rings is 1. The molecule has 0 bridgehead atoms. The van der Waals surface area contributed by atoms with Crippen LogP contribution in [0.1, 0.15) is 132 Å². The highest BCUT2D eigenvalue weighted by molar-refractivity contribution is 6.00. The van der Waals surface area contributed by atoms with Gasteiger partial charge in [0.1, 0.15) is 6.10 Å². The molecule has 9 atom stereocenters. The van der Waals surface area contributed by atoms with Gasteiger partial charge in [-0.1, -0.05) is 60.1 Å². The summed E-state index contributed by atoms with van der Waals surface area (Å²) in [7, 11) is 0. The molecule has 0 spiro atoms. The lowest BCUT2D eigenvalue weighted by Gasteiger charge is -2.72. The zero-order valence-electron chi connectivity index (χ0n) is 34.9. The third-order valence-corrected chi connectivity index (χ3v) is 16.5. The highest BCUT2D eigenvalue weighted by atomic mass is 16.5. The van der Waals surface area contributed by atoms with Crippen molar-refractivity contribution >= 4 is 23.6 Å². The molecule has 10 nitrogen and oxygen atoms in total. The van der Waals surface area contributed by atoms with Crippen molar-refractivity contribution in [2.75, 3.05) is 13.1 Å². The van der Waals surface area contributed by atoms with Crippen LogP contribution in [0.25, 0.3) is 0 Å². The summed E-state index contributed by atoms with van der Waals surface area (Å²) in [6.07, 6.45) is 9.60. The van der Waals surface area contributed by atoms with Gasteiger partial charge in [-0.2, -0.15) is 0 Å².